The Bertz CT molecular complexity index is 378. The Kier molecular flexibility index (Phi) is 6.33. The van der Waals surface area contributed by atoms with Crippen LogP contribution in [0.4, 0.5) is 0 Å². The maximum absolute atomic E-state index is 6.03. The Balaban J connectivity index is 2.00. The van der Waals surface area contributed by atoms with Crippen LogP contribution in [0.5, 0.6) is 0 Å². The summed E-state index contributed by atoms with van der Waals surface area (Å²) in [6.07, 6.45) is 5.31. The van der Waals surface area contributed by atoms with Crippen LogP contribution in [0.3, 0.4) is 0 Å². The summed E-state index contributed by atoms with van der Waals surface area (Å²) in [6.45, 7) is 6.22. The third kappa shape index (κ3) is 4.85. The van der Waals surface area contributed by atoms with Gasteiger partial charge in [-0.05, 0) is 67.1 Å². The molecule has 1 fully saturated rings. The second kappa shape index (κ2) is 7.77. The summed E-state index contributed by atoms with van der Waals surface area (Å²) in [5.74, 6) is 0.776. The van der Waals surface area contributed by atoms with Crippen LogP contribution in [0.15, 0.2) is 15.9 Å². The fourth-order valence-electron chi connectivity index (χ4n) is 2.51. The third-order valence-electron chi connectivity index (χ3n) is 3.54. The molecule has 0 spiro atoms. The molecule has 19 heavy (non-hydrogen) atoms. The topological polar surface area (TPSA) is 21.3 Å². The van der Waals surface area contributed by atoms with E-state index in [4.69, 9.17) is 4.74 Å². The molecule has 2 atom stereocenters. The van der Waals surface area contributed by atoms with Crippen molar-refractivity contribution in [1.82, 2.24) is 5.32 Å². The van der Waals surface area contributed by atoms with Gasteiger partial charge >= 0.3 is 0 Å². The molecule has 108 valence electrons. The number of hydrogen-bond donors (Lipinski definition) is 1. The molecule has 1 aliphatic rings. The SMILES string of the molecule is CCCNC(Cc1cc(Br)cs1)C(OCC)C1CC1. The normalized spacial score (nSPS) is 18.5. The first-order valence-corrected chi connectivity index (χ1v) is 8.99. The monoisotopic (exact) mass is 345 g/mol. The first kappa shape index (κ1) is 15.5. The van der Waals surface area contributed by atoms with Crippen molar-refractivity contribution < 1.29 is 4.74 Å². The molecular weight excluding hydrogens is 322 g/mol. The molecule has 2 rings (SSSR count). The Morgan fingerprint density at radius 1 is 1.47 bits per heavy atom. The Hall–Kier alpha value is 0.1000. The van der Waals surface area contributed by atoms with E-state index in [1.54, 1.807) is 0 Å². The summed E-state index contributed by atoms with van der Waals surface area (Å²) in [5.41, 5.74) is 0. The number of thiophene rings is 1. The van der Waals surface area contributed by atoms with Gasteiger partial charge in [0.25, 0.3) is 0 Å². The molecule has 1 saturated carbocycles. The van der Waals surface area contributed by atoms with Gasteiger partial charge in [-0.2, -0.15) is 0 Å². The fourth-order valence-corrected chi connectivity index (χ4v) is 4.02. The molecule has 0 aliphatic heterocycles. The Morgan fingerprint density at radius 3 is 2.79 bits per heavy atom. The lowest BCUT2D eigenvalue weighted by atomic mass is 10.0. The van der Waals surface area contributed by atoms with E-state index < -0.39 is 0 Å². The average Bonchev–Trinajstić information content (AvgIpc) is 3.15. The minimum absolute atomic E-state index is 0.387. The second-order valence-electron chi connectivity index (χ2n) is 5.25. The number of nitrogens with one attached hydrogen (secondary N) is 1. The maximum atomic E-state index is 6.03. The summed E-state index contributed by atoms with van der Waals surface area (Å²) in [4.78, 5) is 1.44. The lowest BCUT2D eigenvalue weighted by molar-refractivity contribution is 0.0194. The van der Waals surface area contributed by atoms with Crippen molar-refractivity contribution in [3.63, 3.8) is 0 Å². The van der Waals surface area contributed by atoms with Crippen LogP contribution in [0.25, 0.3) is 0 Å². The second-order valence-corrected chi connectivity index (χ2v) is 7.16. The number of rotatable bonds is 9. The van der Waals surface area contributed by atoms with Gasteiger partial charge in [-0.3, -0.25) is 0 Å². The van der Waals surface area contributed by atoms with Crippen molar-refractivity contribution in [1.29, 1.82) is 0 Å². The van der Waals surface area contributed by atoms with Crippen molar-refractivity contribution in [2.75, 3.05) is 13.2 Å². The van der Waals surface area contributed by atoms with Crippen LogP contribution < -0.4 is 5.32 Å². The van der Waals surface area contributed by atoms with Crippen molar-refractivity contribution in [2.24, 2.45) is 5.92 Å². The zero-order valence-electron chi connectivity index (χ0n) is 11.8. The van der Waals surface area contributed by atoms with Gasteiger partial charge < -0.3 is 10.1 Å². The van der Waals surface area contributed by atoms with Gasteiger partial charge in [0, 0.05) is 27.4 Å². The molecule has 1 aliphatic carbocycles. The van der Waals surface area contributed by atoms with E-state index in [1.807, 2.05) is 11.3 Å². The summed E-state index contributed by atoms with van der Waals surface area (Å²) >= 11 is 5.38. The van der Waals surface area contributed by atoms with Gasteiger partial charge in [-0.1, -0.05) is 6.92 Å². The van der Waals surface area contributed by atoms with Gasteiger partial charge in [0.1, 0.15) is 0 Å². The summed E-state index contributed by atoms with van der Waals surface area (Å²) in [6, 6.07) is 2.69. The highest BCUT2D eigenvalue weighted by Crippen LogP contribution is 2.37. The van der Waals surface area contributed by atoms with Crippen LogP contribution in [0, 0.1) is 5.92 Å². The highest BCUT2D eigenvalue weighted by molar-refractivity contribution is 9.10. The van der Waals surface area contributed by atoms with E-state index >= 15 is 0 Å². The van der Waals surface area contributed by atoms with E-state index in [2.05, 4.69) is 46.5 Å². The minimum Gasteiger partial charge on any atom is -0.377 e. The van der Waals surface area contributed by atoms with E-state index in [1.165, 1.54) is 28.6 Å². The van der Waals surface area contributed by atoms with Crippen LogP contribution in [-0.2, 0) is 11.2 Å². The van der Waals surface area contributed by atoms with Gasteiger partial charge in [-0.25, -0.2) is 0 Å². The molecule has 0 bridgehead atoms. The molecule has 0 aromatic carbocycles. The number of ether oxygens (including phenoxy) is 1. The first-order chi connectivity index (χ1) is 9.24. The third-order valence-corrected chi connectivity index (χ3v) is 5.26. The fraction of sp³-hybridized carbons (Fsp3) is 0.733. The molecule has 1 aromatic rings. The van der Waals surface area contributed by atoms with Crippen molar-refractivity contribution in [3.05, 3.63) is 20.8 Å². The number of hydrogen-bond acceptors (Lipinski definition) is 3. The van der Waals surface area contributed by atoms with Crippen molar-refractivity contribution in [2.45, 2.75) is 51.7 Å². The minimum atomic E-state index is 0.387. The predicted octanol–water partition coefficient (Wildman–Crippen LogP) is 4.24. The molecule has 0 amide bonds. The smallest absolute Gasteiger partial charge is 0.0759 e. The zero-order valence-corrected chi connectivity index (χ0v) is 14.2. The van der Waals surface area contributed by atoms with Gasteiger partial charge in [0.2, 0.25) is 0 Å². The quantitative estimate of drug-likeness (QED) is 0.722. The predicted molar refractivity (Wildman–Crippen MR) is 85.9 cm³/mol. The Morgan fingerprint density at radius 2 is 2.26 bits per heavy atom. The zero-order chi connectivity index (χ0) is 13.7. The van der Waals surface area contributed by atoms with Crippen molar-refractivity contribution >= 4 is 27.3 Å². The van der Waals surface area contributed by atoms with E-state index in [0.29, 0.717) is 12.1 Å². The molecule has 0 radical (unpaired) electrons. The molecular formula is C15H24BrNOS. The maximum Gasteiger partial charge on any atom is 0.0759 e. The lowest BCUT2D eigenvalue weighted by Gasteiger charge is -2.28. The van der Waals surface area contributed by atoms with Crippen LogP contribution in [0.1, 0.15) is 38.0 Å². The summed E-state index contributed by atoms with van der Waals surface area (Å²) in [7, 11) is 0. The highest BCUT2D eigenvalue weighted by Gasteiger charge is 2.37. The van der Waals surface area contributed by atoms with Gasteiger partial charge in [0.15, 0.2) is 0 Å². The van der Waals surface area contributed by atoms with Crippen molar-refractivity contribution in [3.8, 4) is 0 Å². The van der Waals surface area contributed by atoms with E-state index in [9.17, 15) is 0 Å². The first-order valence-electron chi connectivity index (χ1n) is 7.32. The molecule has 1 aromatic heterocycles. The van der Waals surface area contributed by atoms with Crippen LogP contribution >= 0.6 is 27.3 Å². The standard InChI is InChI=1S/C15H24BrNOS/c1-3-7-17-14(9-13-8-12(16)10-19-13)15(18-4-2)11-5-6-11/h8,10-11,14-15,17H,3-7,9H2,1-2H3. The summed E-state index contributed by atoms with van der Waals surface area (Å²) < 4.78 is 7.23. The molecule has 2 unspecified atom stereocenters. The van der Waals surface area contributed by atoms with Gasteiger partial charge in [-0.15, -0.1) is 11.3 Å². The largest absolute Gasteiger partial charge is 0.377 e. The number of halogens is 1. The average molecular weight is 346 g/mol. The molecule has 1 heterocycles. The van der Waals surface area contributed by atoms with Crippen LogP contribution in [0.2, 0.25) is 0 Å². The molecule has 2 nitrogen and oxygen atoms in total. The Labute approximate surface area is 129 Å². The molecule has 1 N–H and O–H groups in total. The highest BCUT2D eigenvalue weighted by atomic mass is 79.9. The van der Waals surface area contributed by atoms with Crippen LogP contribution in [-0.4, -0.2) is 25.3 Å². The van der Waals surface area contributed by atoms with E-state index in [0.717, 1.165) is 25.5 Å². The molecule has 0 saturated heterocycles. The summed E-state index contributed by atoms with van der Waals surface area (Å²) in [5, 5.41) is 5.87. The van der Waals surface area contributed by atoms with Gasteiger partial charge in [0.05, 0.1) is 6.10 Å². The molecule has 4 heteroatoms. The lowest BCUT2D eigenvalue weighted by Crippen LogP contribution is -2.44. The van der Waals surface area contributed by atoms with E-state index in [-0.39, 0.29) is 0 Å².